The van der Waals surface area contributed by atoms with Crippen LogP contribution in [0.1, 0.15) is 18.9 Å². The molecule has 0 aliphatic heterocycles. The summed E-state index contributed by atoms with van der Waals surface area (Å²) >= 11 is 6.56. The maximum atomic E-state index is 12.0. The van der Waals surface area contributed by atoms with Gasteiger partial charge in [0.2, 0.25) is 0 Å². The molecule has 0 spiro atoms. The number of ether oxygens (including phenoxy) is 3. The van der Waals surface area contributed by atoms with Crippen LogP contribution >= 0.6 is 31.9 Å². The quantitative estimate of drug-likeness (QED) is 0.428. The van der Waals surface area contributed by atoms with E-state index in [0.717, 1.165) is 6.42 Å². The zero-order valence-corrected chi connectivity index (χ0v) is 16.6. The van der Waals surface area contributed by atoms with E-state index in [4.69, 9.17) is 19.5 Å². The summed E-state index contributed by atoms with van der Waals surface area (Å²) in [5.74, 6) is 0.937. The van der Waals surface area contributed by atoms with E-state index in [2.05, 4.69) is 31.9 Å². The molecule has 0 N–H and O–H groups in total. The van der Waals surface area contributed by atoms with Crippen molar-refractivity contribution in [1.29, 1.82) is 5.26 Å². The number of benzene rings is 2. The number of nitrogens with zero attached hydrogens (tertiary/aromatic N) is 1. The van der Waals surface area contributed by atoms with Crippen LogP contribution in [0, 0.1) is 11.3 Å². The highest BCUT2D eigenvalue weighted by Gasteiger charge is 2.14. The number of carbonyl (C=O) groups excluding carboxylic acids is 1. The van der Waals surface area contributed by atoms with E-state index in [9.17, 15) is 4.79 Å². The third kappa shape index (κ3) is 5.76. The molecule has 0 aliphatic carbocycles. The molecule has 2 rings (SSSR count). The molecular formula is C18H15Br2NO4. The van der Waals surface area contributed by atoms with Gasteiger partial charge < -0.3 is 14.2 Å². The number of carbonyl (C=O) groups is 1. The largest absolute Gasteiger partial charge is 0.493 e. The zero-order valence-electron chi connectivity index (χ0n) is 13.4. The van der Waals surface area contributed by atoms with Gasteiger partial charge in [0, 0.05) is 6.07 Å². The van der Waals surface area contributed by atoms with Crippen LogP contribution in [-0.2, 0) is 4.79 Å². The monoisotopic (exact) mass is 467 g/mol. The summed E-state index contributed by atoms with van der Waals surface area (Å²) < 4.78 is 17.3. The standard InChI is InChI=1S/C18H15Br2NO4/c1-2-6-23-13-4-3-5-14(9-13)24-11-17(22)25-18-15(19)7-12(10-21)8-16(18)20/h3-5,7-9H,2,6,11H2,1H3. The molecular weight excluding hydrogens is 454 g/mol. The van der Waals surface area contributed by atoms with Crippen LogP contribution in [0.5, 0.6) is 17.2 Å². The molecule has 0 saturated carbocycles. The van der Waals surface area contributed by atoms with Gasteiger partial charge in [-0.3, -0.25) is 0 Å². The molecule has 0 aliphatic rings. The molecule has 2 aromatic rings. The Labute approximate surface area is 162 Å². The number of hydrogen-bond donors (Lipinski definition) is 0. The van der Waals surface area contributed by atoms with Gasteiger partial charge in [0.1, 0.15) is 11.5 Å². The lowest BCUT2D eigenvalue weighted by Crippen LogP contribution is -2.18. The van der Waals surface area contributed by atoms with Crippen molar-refractivity contribution in [1.82, 2.24) is 0 Å². The van der Waals surface area contributed by atoms with Crippen LogP contribution in [0.2, 0.25) is 0 Å². The molecule has 2 aromatic carbocycles. The predicted molar refractivity (Wildman–Crippen MR) is 99.9 cm³/mol. The summed E-state index contributed by atoms with van der Waals surface area (Å²) in [7, 11) is 0. The van der Waals surface area contributed by atoms with Crippen LogP contribution in [-0.4, -0.2) is 19.2 Å². The topological polar surface area (TPSA) is 68.6 Å². The lowest BCUT2D eigenvalue weighted by molar-refractivity contribution is -0.136. The van der Waals surface area contributed by atoms with Crippen molar-refractivity contribution in [3.63, 3.8) is 0 Å². The summed E-state index contributed by atoms with van der Waals surface area (Å²) in [5, 5.41) is 8.92. The maximum absolute atomic E-state index is 12.0. The molecule has 0 amide bonds. The first kappa shape index (κ1) is 19.3. The second kappa shape index (κ2) is 9.44. The Morgan fingerprint density at radius 1 is 1.12 bits per heavy atom. The Hall–Kier alpha value is -2.04. The van der Waals surface area contributed by atoms with Gasteiger partial charge in [0.05, 0.1) is 27.2 Å². The van der Waals surface area contributed by atoms with Crippen LogP contribution in [0.3, 0.4) is 0 Å². The van der Waals surface area contributed by atoms with E-state index in [1.807, 2.05) is 19.1 Å². The molecule has 0 heterocycles. The minimum atomic E-state index is -0.564. The van der Waals surface area contributed by atoms with Gasteiger partial charge >= 0.3 is 5.97 Å². The molecule has 0 bridgehead atoms. The van der Waals surface area contributed by atoms with Gasteiger partial charge in [-0.2, -0.15) is 5.26 Å². The van der Waals surface area contributed by atoms with E-state index >= 15 is 0 Å². The lowest BCUT2D eigenvalue weighted by Gasteiger charge is -2.11. The summed E-state index contributed by atoms with van der Waals surface area (Å²) in [4.78, 5) is 12.0. The fourth-order valence-electron chi connectivity index (χ4n) is 1.88. The molecule has 130 valence electrons. The summed E-state index contributed by atoms with van der Waals surface area (Å²) in [5.41, 5.74) is 0.443. The fraction of sp³-hybridized carbons (Fsp3) is 0.222. The van der Waals surface area contributed by atoms with Gasteiger partial charge in [0.15, 0.2) is 12.4 Å². The van der Waals surface area contributed by atoms with Crippen molar-refractivity contribution in [2.45, 2.75) is 13.3 Å². The van der Waals surface area contributed by atoms with Crippen LogP contribution in [0.15, 0.2) is 45.3 Å². The van der Waals surface area contributed by atoms with Crippen LogP contribution < -0.4 is 14.2 Å². The summed E-state index contributed by atoms with van der Waals surface area (Å²) in [6, 6.07) is 12.2. The van der Waals surface area contributed by atoms with Crippen molar-refractivity contribution in [2.24, 2.45) is 0 Å². The Morgan fingerprint density at radius 3 is 2.36 bits per heavy atom. The summed E-state index contributed by atoms with van der Waals surface area (Å²) in [6.45, 7) is 2.39. The molecule has 7 heteroatoms. The Balaban J connectivity index is 1.97. The highest BCUT2D eigenvalue weighted by atomic mass is 79.9. The van der Waals surface area contributed by atoms with E-state index in [-0.39, 0.29) is 6.61 Å². The lowest BCUT2D eigenvalue weighted by atomic mass is 10.2. The first-order chi connectivity index (χ1) is 12.0. The second-order valence-corrected chi connectivity index (χ2v) is 6.68. The fourth-order valence-corrected chi connectivity index (χ4v) is 3.23. The van der Waals surface area contributed by atoms with Crippen LogP contribution in [0.4, 0.5) is 0 Å². The van der Waals surface area contributed by atoms with Gasteiger partial charge in [0.25, 0.3) is 0 Å². The van der Waals surface area contributed by atoms with E-state index in [1.165, 1.54) is 0 Å². The van der Waals surface area contributed by atoms with Gasteiger partial charge in [-0.15, -0.1) is 0 Å². The van der Waals surface area contributed by atoms with Crippen LogP contribution in [0.25, 0.3) is 0 Å². The SMILES string of the molecule is CCCOc1cccc(OCC(=O)Oc2c(Br)cc(C#N)cc2Br)c1. The Morgan fingerprint density at radius 2 is 1.76 bits per heavy atom. The third-order valence-corrected chi connectivity index (χ3v) is 4.16. The number of nitriles is 1. The van der Waals surface area contributed by atoms with E-state index in [0.29, 0.717) is 38.4 Å². The predicted octanol–water partition coefficient (Wildman–Crippen LogP) is 4.86. The van der Waals surface area contributed by atoms with Gasteiger partial charge in [-0.05, 0) is 62.5 Å². The maximum Gasteiger partial charge on any atom is 0.349 e. The molecule has 0 atom stereocenters. The number of esters is 1. The van der Waals surface area contributed by atoms with Crippen molar-refractivity contribution >= 4 is 37.8 Å². The molecule has 0 unspecified atom stereocenters. The highest BCUT2D eigenvalue weighted by Crippen LogP contribution is 2.34. The van der Waals surface area contributed by atoms with E-state index < -0.39 is 5.97 Å². The molecule has 0 fully saturated rings. The normalized spacial score (nSPS) is 10.0. The van der Waals surface area contributed by atoms with Crippen molar-refractivity contribution in [3.8, 4) is 23.3 Å². The number of rotatable bonds is 7. The first-order valence-electron chi connectivity index (χ1n) is 7.49. The average Bonchev–Trinajstić information content (AvgIpc) is 2.61. The minimum absolute atomic E-state index is 0.254. The molecule has 25 heavy (non-hydrogen) atoms. The van der Waals surface area contributed by atoms with Crippen molar-refractivity contribution in [3.05, 3.63) is 50.9 Å². The minimum Gasteiger partial charge on any atom is -0.493 e. The van der Waals surface area contributed by atoms with Gasteiger partial charge in [-0.1, -0.05) is 13.0 Å². The summed E-state index contributed by atoms with van der Waals surface area (Å²) in [6.07, 6.45) is 0.908. The molecule has 0 radical (unpaired) electrons. The van der Waals surface area contributed by atoms with Crippen molar-refractivity contribution < 1.29 is 19.0 Å². The number of halogens is 2. The Bertz CT molecular complexity index is 779. The molecule has 5 nitrogen and oxygen atoms in total. The average molecular weight is 469 g/mol. The third-order valence-electron chi connectivity index (χ3n) is 2.98. The number of hydrogen-bond acceptors (Lipinski definition) is 5. The highest BCUT2D eigenvalue weighted by molar-refractivity contribution is 9.11. The first-order valence-corrected chi connectivity index (χ1v) is 9.07. The van der Waals surface area contributed by atoms with E-state index in [1.54, 1.807) is 30.3 Å². The second-order valence-electron chi connectivity index (χ2n) is 4.97. The molecule has 0 aromatic heterocycles. The zero-order chi connectivity index (χ0) is 18.2. The van der Waals surface area contributed by atoms with Gasteiger partial charge in [-0.25, -0.2) is 4.79 Å². The molecule has 0 saturated heterocycles. The Kier molecular flexibility index (Phi) is 7.29. The van der Waals surface area contributed by atoms with Crippen molar-refractivity contribution in [2.75, 3.05) is 13.2 Å². The smallest absolute Gasteiger partial charge is 0.349 e.